The fourth-order valence-electron chi connectivity index (χ4n) is 2.70. The minimum atomic E-state index is -0.283. The molecule has 1 N–H and O–H groups in total. The summed E-state index contributed by atoms with van der Waals surface area (Å²) in [6.07, 6.45) is 3.47. The number of benzene rings is 1. The van der Waals surface area contributed by atoms with E-state index in [1.54, 1.807) is 13.0 Å². The third-order valence-corrected chi connectivity index (χ3v) is 4.36. The van der Waals surface area contributed by atoms with Gasteiger partial charge in [-0.25, -0.2) is 4.39 Å². The molecule has 0 saturated heterocycles. The van der Waals surface area contributed by atoms with Gasteiger partial charge in [-0.15, -0.1) is 11.6 Å². The van der Waals surface area contributed by atoms with Crippen LogP contribution >= 0.6 is 11.6 Å². The second-order valence-electron chi connectivity index (χ2n) is 5.28. The number of alkyl halides is 1. The zero-order valence-corrected chi connectivity index (χ0v) is 11.8. The molecule has 2 nitrogen and oxygen atoms in total. The second-order valence-corrected chi connectivity index (χ2v) is 5.59. The molecule has 1 amide bonds. The number of aryl methyl sites for hydroxylation is 1. The van der Waals surface area contributed by atoms with E-state index < -0.39 is 0 Å². The van der Waals surface area contributed by atoms with Crippen molar-refractivity contribution in [3.05, 3.63) is 35.1 Å². The van der Waals surface area contributed by atoms with Gasteiger partial charge in [0.2, 0.25) is 0 Å². The molecule has 2 rings (SSSR count). The molecule has 1 aliphatic carbocycles. The summed E-state index contributed by atoms with van der Waals surface area (Å²) in [7, 11) is 0. The first-order valence-corrected chi connectivity index (χ1v) is 7.25. The molecule has 4 heteroatoms. The molecule has 0 spiro atoms. The molecule has 1 fully saturated rings. The summed E-state index contributed by atoms with van der Waals surface area (Å²) in [6, 6.07) is 4.44. The molecule has 19 heavy (non-hydrogen) atoms. The number of rotatable bonds is 4. The van der Waals surface area contributed by atoms with Crippen LogP contribution in [0.3, 0.4) is 0 Å². The van der Waals surface area contributed by atoms with Gasteiger partial charge in [0, 0.05) is 18.0 Å². The van der Waals surface area contributed by atoms with Gasteiger partial charge < -0.3 is 5.32 Å². The summed E-state index contributed by atoms with van der Waals surface area (Å²) in [5, 5.41) is 2.93. The molecule has 2 unspecified atom stereocenters. The standard InChI is InChI=1S/C15H19ClFNO/c1-10-7-11(5-6-14(10)17)15(19)18-9-13-4-2-3-12(13)8-16/h5-7,12-13H,2-4,8-9H2,1H3,(H,18,19). The van der Waals surface area contributed by atoms with Crippen molar-refractivity contribution in [3.8, 4) is 0 Å². The van der Waals surface area contributed by atoms with E-state index in [4.69, 9.17) is 11.6 Å². The predicted molar refractivity (Wildman–Crippen MR) is 75.0 cm³/mol. The van der Waals surface area contributed by atoms with Gasteiger partial charge in [-0.1, -0.05) is 6.42 Å². The van der Waals surface area contributed by atoms with E-state index in [0.717, 1.165) is 12.8 Å². The highest BCUT2D eigenvalue weighted by Gasteiger charge is 2.26. The lowest BCUT2D eigenvalue weighted by molar-refractivity contribution is 0.0944. The lowest BCUT2D eigenvalue weighted by Gasteiger charge is -2.17. The third-order valence-electron chi connectivity index (χ3n) is 3.96. The lowest BCUT2D eigenvalue weighted by Crippen LogP contribution is -2.31. The van der Waals surface area contributed by atoms with Crippen molar-refractivity contribution in [2.45, 2.75) is 26.2 Å². The summed E-state index contributed by atoms with van der Waals surface area (Å²) >= 11 is 5.92. The molecule has 0 bridgehead atoms. The topological polar surface area (TPSA) is 29.1 Å². The molecule has 2 atom stereocenters. The highest BCUT2D eigenvalue weighted by atomic mass is 35.5. The predicted octanol–water partition coefficient (Wildman–Crippen LogP) is 3.52. The Hall–Kier alpha value is -1.09. The number of nitrogens with one attached hydrogen (secondary N) is 1. The average Bonchev–Trinajstić information content (AvgIpc) is 2.86. The van der Waals surface area contributed by atoms with E-state index in [-0.39, 0.29) is 11.7 Å². The van der Waals surface area contributed by atoms with Gasteiger partial charge in [-0.2, -0.15) is 0 Å². The summed E-state index contributed by atoms with van der Waals surface area (Å²) < 4.78 is 13.1. The molecule has 0 aliphatic heterocycles. The van der Waals surface area contributed by atoms with Crippen LogP contribution in [0.2, 0.25) is 0 Å². The van der Waals surface area contributed by atoms with Crippen molar-refractivity contribution in [2.75, 3.05) is 12.4 Å². The van der Waals surface area contributed by atoms with E-state index in [0.29, 0.717) is 35.4 Å². The fraction of sp³-hybridized carbons (Fsp3) is 0.533. The van der Waals surface area contributed by atoms with Gasteiger partial charge in [-0.05, 0) is 55.4 Å². The largest absolute Gasteiger partial charge is 0.352 e. The van der Waals surface area contributed by atoms with E-state index in [2.05, 4.69) is 5.32 Å². The van der Waals surface area contributed by atoms with Crippen molar-refractivity contribution in [3.63, 3.8) is 0 Å². The monoisotopic (exact) mass is 283 g/mol. The number of hydrogen-bond donors (Lipinski definition) is 1. The summed E-state index contributed by atoms with van der Waals surface area (Å²) in [4.78, 5) is 12.0. The Labute approximate surface area is 118 Å². The lowest BCUT2D eigenvalue weighted by atomic mass is 9.98. The summed E-state index contributed by atoms with van der Waals surface area (Å²) in [5.74, 6) is 1.23. The Kier molecular flexibility index (Phi) is 4.81. The van der Waals surface area contributed by atoms with Crippen molar-refractivity contribution < 1.29 is 9.18 Å². The van der Waals surface area contributed by atoms with Gasteiger partial charge in [0.05, 0.1) is 0 Å². The molecule has 0 aromatic heterocycles. The minimum absolute atomic E-state index is 0.136. The molecule has 1 aliphatic rings. The van der Waals surface area contributed by atoms with Crippen molar-refractivity contribution in [1.82, 2.24) is 5.32 Å². The summed E-state index contributed by atoms with van der Waals surface area (Å²) in [6.45, 7) is 2.32. The maximum atomic E-state index is 13.1. The Bertz CT molecular complexity index is 463. The van der Waals surface area contributed by atoms with Gasteiger partial charge in [0.25, 0.3) is 5.91 Å². The molecular weight excluding hydrogens is 265 g/mol. The first kappa shape index (κ1) is 14.3. The van der Waals surface area contributed by atoms with Crippen LogP contribution in [-0.2, 0) is 0 Å². The highest BCUT2D eigenvalue weighted by molar-refractivity contribution is 6.18. The fourth-order valence-corrected chi connectivity index (χ4v) is 3.10. The Morgan fingerprint density at radius 2 is 2.16 bits per heavy atom. The molecule has 1 saturated carbocycles. The first-order valence-electron chi connectivity index (χ1n) is 6.72. The Morgan fingerprint density at radius 1 is 1.42 bits per heavy atom. The molecular formula is C15H19ClFNO. The Morgan fingerprint density at radius 3 is 2.84 bits per heavy atom. The number of hydrogen-bond acceptors (Lipinski definition) is 1. The van der Waals surface area contributed by atoms with Gasteiger partial charge in [-0.3, -0.25) is 4.79 Å². The van der Waals surface area contributed by atoms with E-state index >= 15 is 0 Å². The van der Waals surface area contributed by atoms with Crippen molar-refractivity contribution in [2.24, 2.45) is 11.8 Å². The van der Waals surface area contributed by atoms with Crippen LogP contribution in [0.4, 0.5) is 4.39 Å². The maximum Gasteiger partial charge on any atom is 0.251 e. The number of carbonyl (C=O) groups excluding carboxylic acids is 1. The first-order chi connectivity index (χ1) is 9.11. The molecule has 0 radical (unpaired) electrons. The van der Waals surface area contributed by atoms with Crippen LogP contribution in [0.5, 0.6) is 0 Å². The molecule has 104 valence electrons. The van der Waals surface area contributed by atoms with Crippen molar-refractivity contribution in [1.29, 1.82) is 0 Å². The Balaban J connectivity index is 1.92. The second kappa shape index (κ2) is 6.38. The van der Waals surface area contributed by atoms with E-state index in [1.165, 1.54) is 18.6 Å². The normalized spacial score (nSPS) is 22.5. The van der Waals surface area contributed by atoms with Crippen LogP contribution in [0, 0.1) is 24.6 Å². The zero-order valence-electron chi connectivity index (χ0n) is 11.1. The van der Waals surface area contributed by atoms with Gasteiger partial charge in [0.15, 0.2) is 0 Å². The van der Waals surface area contributed by atoms with Gasteiger partial charge >= 0.3 is 0 Å². The summed E-state index contributed by atoms with van der Waals surface area (Å²) in [5.41, 5.74) is 1.01. The van der Waals surface area contributed by atoms with Crippen LogP contribution in [-0.4, -0.2) is 18.3 Å². The maximum absolute atomic E-state index is 13.1. The smallest absolute Gasteiger partial charge is 0.251 e. The quantitative estimate of drug-likeness (QED) is 0.842. The van der Waals surface area contributed by atoms with Crippen LogP contribution in [0.1, 0.15) is 35.2 Å². The number of halogens is 2. The zero-order chi connectivity index (χ0) is 13.8. The SMILES string of the molecule is Cc1cc(C(=O)NCC2CCCC2CCl)ccc1F. The third kappa shape index (κ3) is 3.47. The number of carbonyl (C=O) groups is 1. The van der Waals surface area contributed by atoms with Crippen molar-refractivity contribution >= 4 is 17.5 Å². The van der Waals surface area contributed by atoms with Crippen LogP contribution < -0.4 is 5.32 Å². The molecule has 1 aromatic carbocycles. The highest BCUT2D eigenvalue weighted by Crippen LogP contribution is 2.31. The van der Waals surface area contributed by atoms with E-state index in [1.807, 2.05) is 0 Å². The molecule has 0 heterocycles. The van der Waals surface area contributed by atoms with Gasteiger partial charge in [0.1, 0.15) is 5.82 Å². The van der Waals surface area contributed by atoms with E-state index in [9.17, 15) is 9.18 Å². The van der Waals surface area contributed by atoms with Crippen LogP contribution in [0.25, 0.3) is 0 Å². The average molecular weight is 284 g/mol. The van der Waals surface area contributed by atoms with Crippen LogP contribution in [0.15, 0.2) is 18.2 Å². The minimum Gasteiger partial charge on any atom is -0.352 e. The molecule has 1 aromatic rings. The number of amides is 1.